The molecule has 0 radical (unpaired) electrons. The third kappa shape index (κ3) is 3.93. The van der Waals surface area contributed by atoms with Gasteiger partial charge in [0.1, 0.15) is 0 Å². The molecule has 3 aromatic rings. The van der Waals surface area contributed by atoms with Gasteiger partial charge in [-0.2, -0.15) is 18.3 Å². The van der Waals surface area contributed by atoms with Crippen molar-refractivity contribution in [3.63, 3.8) is 0 Å². The normalized spacial score (nSPS) is 13.0. The van der Waals surface area contributed by atoms with Gasteiger partial charge in [-0.05, 0) is 25.1 Å². The third-order valence-electron chi connectivity index (χ3n) is 3.44. The number of nitrogens with one attached hydrogen (secondary N) is 1. The van der Waals surface area contributed by atoms with Crippen LogP contribution in [0.25, 0.3) is 10.2 Å². The number of para-hydroxylation sites is 1. The molecule has 0 aliphatic heterocycles. The molecule has 3 rings (SSSR count). The van der Waals surface area contributed by atoms with Gasteiger partial charge < -0.3 is 5.32 Å². The van der Waals surface area contributed by atoms with Crippen molar-refractivity contribution in [3.05, 3.63) is 52.8 Å². The Labute approximate surface area is 144 Å². The number of alkyl halides is 3. The minimum absolute atomic E-state index is 0.406. The van der Waals surface area contributed by atoms with Crippen LogP contribution in [0.5, 0.6) is 0 Å². The molecule has 0 saturated heterocycles. The van der Waals surface area contributed by atoms with Crippen molar-refractivity contribution < 1.29 is 18.0 Å². The molecule has 1 atom stereocenters. The summed E-state index contributed by atoms with van der Waals surface area (Å²) < 4.78 is 39.9. The zero-order valence-electron chi connectivity index (χ0n) is 13.0. The fourth-order valence-corrected chi connectivity index (χ4v) is 3.44. The number of hydrogen-bond donors (Lipinski definition) is 1. The van der Waals surface area contributed by atoms with Gasteiger partial charge in [-0.15, -0.1) is 16.4 Å². The molecule has 2 aromatic heterocycles. The van der Waals surface area contributed by atoms with Crippen molar-refractivity contribution in [3.8, 4) is 0 Å². The van der Waals surface area contributed by atoms with Gasteiger partial charge in [-0.25, -0.2) is 4.98 Å². The molecule has 0 aliphatic rings. The molecule has 5 nitrogen and oxygen atoms in total. The standard InChI is InChI=1S/C16H13F3N4OS/c1-9(8-13-22-11-4-2-3-5-12(11)25-13)21-15(24)14-10(16(17,18)19)6-7-20-23-14/h2-7,9H,8H2,1H3,(H,21,24). The summed E-state index contributed by atoms with van der Waals surface area (Å²) in [5, 5.41) is 10.0. The van der Waals surface area contributed by atoms with E-state index >= 15 is 0 Å². The Hall–Kier alpha value is -2.55. The van der Waals surface area contributed by atoms with E-state index in [1.54, 1.807) is 6.92 Å². The largest absolute Gasteiger partial charge is 0.418 e. The van der Waals surface area contributed by atoms with E-state index in [0.29, 0.717) is 6.42 Å². The number of halogens is 3. The van der Waals surface area contributed by atoms with Gasteiger partial charge in [0.25, 0.3) is 5.91 Å². The quantitative estimate of drug-likeness (QED) is 0.768. The number of nitrogens with zero attached hydrogens (tertiary/aromatic N) is 3. The Morgan fingerprint density at radius 1 is 1.28 bits per heavy atom. The van der Waals surface area contributed by atoms with Crippen LogP contribution < -0.4 is 5.32 Å². The van der Waals surface area contributed by atoms with E-state index in [4.69, 9.17) is 0 Å². The van der Waals surface area contributed by atoms with Gasteiger partial charge in [-0.3, -0.25) is 4.79 Å². The minimum Gasteiger partial charge on any atom is -0.348 e. The lowest BCUT2D eigenvalue weighted by Crippen LogP contribution is -2.36. The highest BCUT2D eigenvalue weighted by Gasteiger charge is 2.36. The van der Waals surface area contributed by atoms with Gasteiger partial charge >= 0.3 is 6.18 Å². The van der Waals surface area contributed by atoms with Crippen LogP contribution in [0, 0.1) is 0 Å². The van der Waals surface area contributed by atoms with Crippen molar-refractivity contribution >= 4 is 27.5 Å². The Bertz CT molecular complexity index is 877. The van der Waals surface area contributed by atoms with Gasteiger partial charge in [0.15, 0.2) is 5.69 Å². The molecule has 130 valence electrons. The first kappa shape index (κ1) is 17.3. The van der Waals surface area contributed by atoms with Crippen molar-refractivity contribution in [2.45, 2.75) is 25.6 Å². The van der Waals surface area contributed by atoms with E-state index in [2.05, 4.69) is 20.5 Å². The monoisotopic (exact) mass is 366 g/mol. The zero-order chi connectivity index (χ0) is 18.0. The van der Waals surface area contributed by atoms with Gasteiger partial charge in [0, 0.05) is 12.5 Å². The molecule has 0 saturated carbocycles. The van der Waals surface area contributed by atoms with Crippen LogP contribution in [0.2, 0.25) is 0 Å². The lowest BCUT2D eigenvalue weighted by molar-refractivity contribution is -0.138. The maximum Gasteiger partial charge on any atom is 0.418 e. The molecule has 2 heterocycles. The number of fused-ring (bicyclic) bond motifs is 1. The van der Waals surface area contributed by atoms with Crippen LogP contribution in [-0.2, 0) is 12.6 Å². The van der Waals surface area contributed by atoms with Crippen molar-refractivity contribution in [1.82, 2.24) is 20.5 Å². The average Bonchev–Trinajstić information content (AvgIpc) is 2.95. The first-order valence-corrected chi connectivity index (χ1v) is 8.20. The first-order chi connectivity index (χ1) is 11.8. The molecule has 1 unspecified atom stereocenters. The van der Waals surface area contributed by atoms with Crippen molar-refractivity contribution in [2.75, 3.05) is 0 Å². The Morgan fingerprint density at radius 3 is 2.76 bits per heavy atom. The number of benzene rings is 1. The van der Waals surface area contributed by atoms with E-state index < -0.39 is 29.4 Å². The molecule has 1 N–H and O–H groups in total. The summed E-state index contributed by atoms with van der Waals surface area (Å²) >= 11 is 1.49. The van der Waals surface area contributed by atoms with Crippen LogP contribution in [0.1, 0.15) is 28.0 Å². The summed E-state index contributed by atoms with van der Waals surface area (Å²) in [6.45, 7) is 1.70. The van der Waals surface area contributed by atoms with Gasteiger partial charge in [0.05, 0.1) is 27.0 Å². The van der Waals surface area contributed by atoms with Gasteiger partial charge in [0.2, 0.25) is 0 Å². The van der Waals surface area contributed by atoms with Crippen molar-refractivity contribution in [1.29, 1.82) is 0 Å². The Morgan fingerprint density at radius 2 is 2.04 bits per heavy atom. The number of amides is 1. The van der Waals surface area contributed by atoms with Gasteiger partial charge in [-0.1, -0.05) is 12.1 Å². The molecule has 9 heteroatoms. The summed E-state index contributed by atoms with van der Waals surface area (Å²) in [4.78, 5) is 16.6. The zero-order valence-corrected chi connectivity index (χ0v) is 13.9. The third-order valence-corrected chi connectivity index (χ3v) is 4.50. The molecule has 0 aliphatic carbocycles. The number of carbonyl (C=O) groups excluding carboxylic acids is 1. The molecule has 1 aromatic carbocycles. The molecule has 25 heavy (non-hydrogen) atoms. The van der Waals surface area contributed by atoms with Crippen LogP contribution in [0.4, 0.5) is 13.2 Å². The summed E-state index contributed by atoms with van der Waals surface area (Å²) in [6.07, 6.45) is -3.35. The highest BCUT2D eigenvalue weighted by atomic mass is 32.1. The average molecular weight is 366 g/mol. The predicted molar refractivity (Wildman–Crippen MR) is 87.3 cm³/mol. The van der Waals surface area contributed by atoms with E-state index in [1.165, 1.54) is 11.3 Å². The molecule has 0 bridgehead atoms. The minimum atomic E-state index is -4.67. The molecular formula is C16H13F3N4OS. The van der Waals surface area contributed by atoms with Crippen molar-refractivity contribution in [2.24, 2.45) is 0 Å². The second kappa shape index (κ2) is 6.75. The van der Waals surface area contributed by atoms with Crippen LogP contribution in [0.15, 0.2) is 36.5 Å². The molecule has 1 amide bonds. The maximum absolute atomic E-state index is 13.0. The second-order valence-corrected chi connectivity index (χ2v) is 6.56. The van der Waals surface area contributed by atoms with E-state index in [0.717, 1.165) is 27.5 Å². The van der Waals surface area contributed by atoms with E-state index in [9.17, 15) is 18.0 Å². The smallest absolute Gasteiger partial charge is 0.348 e. The number of thiazole rings is 1. The lowest BCUT2D eigenvalue weighted by atomic mass is 10.1. The predicted octanol–water partition coefficient (Wildman–Crippen LogP) is 3.47. The van der Waals surface area contributed by atoms with E-state index in [-0.39, 0.29) is 0 Å². The summed E-state index contributed by atoms with van der Waals surface area (Å²) in [5.74, 6) is -0.908. The number of rotatable bonds is 4. The summed E-state index contributed by atoms with van der Waals surface area (Å²) in [5.41, 5.74) is -0.979. The van der Waals surface area contributed by atoms with Crippen LogP contribution in [-0.4, -0.2) is 27.1 Å². The molecular weight excluding hydrogens is 353 g/mol. The fraction of sp³-hybridized carbons (Fsp3) is 0.250. The number of carbonyl (C=O) groups is 1. The SMILES string of the molecule is CC(Cc1nc2ccccc2s1)NC(=O)c1nnccc1C(F)(F)F. The molecule has 0 spiro atoms. The fourth-order valence-electron chi connectivity index (χ4n) is 2.34. The Balaban J connectivity index is 1.73. The topological polar surface area (TPSA) is 67.8 Å². The Kier molecular flexibility index (Phi) is 4.67. The van der Waals surface area contributed by atoms with Crippen LogP contribution in [0.3, 0.4) is 0 Å². The van der Waals surface area contributed by atoms with E-state index in [1.807, 2.05) is 24.3 Å². The van der Waals surface area contributed by atoms with Crippen LogP contribution >= 0.6 is 11.3 Å². The highest BCUT2D eigenvalue weighted by Crippen LogP contribution is 2.30. The number of hydrogen-bond acceptors (Lipinski definition) is 5. The second-order valence-electron chi connectivity index (χ2n) is 5.45. The molecule has 0 fully saturated rings. The summed E-state index contributed by atoms with van der Waals surface area (Å²) in [6, 6.07) is 7.94. The highest BCUT2D eigenvalue weighted by molar-refractivity contribution is 7.18. The number of aromatic nitrogens is 3. The maximum atomic E-state index is 13.0. The summed E-state index contributed by atoms with van der Waals surface area (Å²) in [7, 11) is 0. The first-order valence-electron chi connectivity index (χ1n) is 7.39. The lowest BCUT2D eigenvalue weighted by Gasteiger charge is -2.14.